The molecule has 3 nitrogen and oxygen atoms in total. The maximum atomic E-state index is 4.53. The predicted octanol–water partition coefficient (Wildman–Crippen LogP) is 1.20. The fraction of sp³-hybridized carbons (Fsp3) is 0.667. The smallest absolute Gasteiger partial charge is 0.0810 e. The molecule has 0 aliphatic carbocycles. The van der Waals surface area contributed by atoms with Crippen LogP contribution < -0.4 is 5.32 Å². The normalized spacial score (nSPS) is 15.2. The first-order valence-corrected chi connectivity index (χ1v) is 4.58. The van der Waals surface area contributed by atoms with Crippen LogP contribution in [0.2, 0.25) is 0 Å². The molecule has 0 saturated carbocycles. The lowest BCUT2D eigenvalue weighted by atomic mass is 10.2. The van der Waals surface area contributed by atoms with E-state index < -0.39 is 0 Å². The van der Waals surface area contributed by atoms with Crippen LogP contribution in [0.15, 0.2) is 0 Å². The van der Waals surface area contributed by atoms with Gasteiger partial charge in [-0.2, -0.15) is 5.10 Å². The lowest BCUT2D eigenvalue weighted by molar-refractivity contribution is 0.568. The second kappa shape index (κ2) is 2.90. The number of nitrogens with zero attached hydrogens (tertiary/aromatic N) is 2. The third kappa shape index (κ3) is 1.05. The van der Waals surface area contributed by atoms with E-state index in [0.29, 0.717) is 0 Å². The summed E-state index contributed by atoms with van der Waals surface area (Å²) in [4.78, 5) is 0. The van der Waals surface area contributed by atoms with Gasteiger partial charge in [0.1, 0.15) is 0 Å². The first-order valence-electron chi connectivity index (χ1n) is 4.58. The van der Waals surface area contributed by atoms with Gasteiger partial charge >= 0.3 is 0 Å². The second-order valence-electron chi connectivity index (χ2n) is 3.34. The Bertz CT molecular complexity index is 288. The van der Waals surface area contributed by atoms with Crippen LogP contribution in [-0.4, -0.2) is 9.78 Å². The lowest BCUT2D eigenvalue weighted by Crippen LogP contribution is -2.08. The first kappa shape index (κ1) is 7.80. The number of aromatic nitrogens is 2. The molecule has 1 aliphatic rings. The number of aryl methyl sites for hydroxylation is 1. The van der Waals surface area contributed by atoms with Gasteiger partial charge in [-0.3, -0.25) is 4.68 Å². The van der Waals surface area contributed by atoms with E-state index in [1.54, 1.807) is 0 Å². The van der Waals surface area contributed by atoms with Gasteiger partial charge < -0.3 is 5.32 Å². The van der Waals surface area contributed by atoms with E-state index in [4.69, 9.17) is 0 Å². The van der Waals surface area contributed by atoms with Gasteiger partial charge in [0.15, 0.2) is 0 Å². The summed E-state index contributed by atoms with van der Waals surface area (Å²) < 4.78 is 2.13. The molecule has 0 fully saturated rings. The van der Waals surface area contributed by atoms with Gasteiger partial charge in [-0.1, -0.05) is 6.92 Å². The molecule has 0 aromatic carbocycles. The fourth-order valence-electron chi connectivity index (χ4n) is 1.75. The molecule has 1 aromatic rings. The summed E-state index contributed by atoms with van der Waals surface area (Å²) in [5, 5.41) is 7.84. The molecular formula is C9H15N3. The number of fused-ring (bicyclic) bond motifs is 1. The summed E-state index contributed by atoms with van der Waals surface area (Å²) in [7, 11) is 0. The van der Waals surface area contributed by atoms with Crippen molar-refractivity contribution in [2.45, 2.75) is 39.9 Å². The SMILES string of the molecule is CCCn1nc2c(c1C)CNC2. The average molecular weight is 165 g/mol. The highest BCUT2D eigenvalue weighted by atomic mass is 15.3. The largest absolute Gasteiger partial charge is 0.307 e. The summed E-state index contributed by atoms with van der Waals surface area (Å²) in [5.74, 6) is 0. The molecule has 1 aliphatic heterocycles. The topological polar surface area (TPSA) is 29.9 Å². The van der Waals surface area contributed by atoms with E-state index in [2.05, 4.69) is 28.9 Å². The van der Waals surface area contributed by atoms with Crippen LogP contribution in [0, 0.1) is 6.92 Å². The van der Waals surface area contributed by atoms with Crippen molar-refractivity contribution in [2.75, 3.05) is 0 Å². The summed E-state index contributed by atoms with van der Waals surface area (Å²) in [6.07, 6.45) is 1.16. The highest BCUT2D eigenvalue weighted by Gasteiger charge is 2.17. The molecule has 0 saturated heterocycles. The molecule has 1 N–H and O–H groups in total. The molecule has 0 spiro atoms. The van der Waals surface area contributed by atoms with Crippen LogP contribution in [0.3, 0.4) is 0 Å². The summed E-state index contributed by atoms with van der Waals surface area (Å²) in [6, 6.07) is 0. The number of hydrogen-bond donors (Lipinski definition) is 1. The van der Waals surface area contributed by atoms with Gasteiger partial charge in [0.25, 0.3) is 0 Å². The Kier molecular flexibility index (Phi) is 1.89. The van der Waals surface area contributed by atoms with Crippen molar-refractivity contribution in [3.05, 3.63) is 17.0 Å². The van der Waals surface area contributed by atoms with E-state index in [1.165, 1.54) is 17.0 Å². The van der Waals surface area contributed by atoms with Gasteiger partial charge in [0.05, 0.1) is 5.69 Å². The van der Waals surface area contributed by atoms with Crippen LogP contribution >= 0.6 is 0 Å². The second-order valence-corrected chi connectivity index (χ2v) is 3.34. The van der Waals surface area contributed by atoms with E-state index in [1.807, 2.05) is 0 Å². The van der Waals surface area contributed by atoms with Crippen molar-refractivity contribution in [2.24, 2.45) is 0 Å². The molecule has 0 unspecified atom stereocenters. The maximum absolute atomic E-state index is 4.53. The Balaban J connectivity index is 2.34. The van der Waals surface area contributed by atoms with Crippen LogP contribution in [0.25, 0.3) is 0 Å². The summed E-state index contributed by atoms with van der Waals surface area (Å²) >= 11 is 0. The number of hydrogen-bond acceptors (Lipinski definition) is 2. The van der Waals surface area contributed by atoms with Crippen molar-refractivity contribution in [3.63, 3.8) is 0 Å². The van der Waals surface area contributed by atoms with Crippen LogP contribution in [0.5, 0.6) is 0 Å². The highest BCUT2D eigenvalue weighted by molar-refractivity contribution is 5.28. The minimum absolute atomic E-state index is 0.951. The third-order valence-electron chi connectivity index (χ3n) is 2.44. The standard InChI is InChI=1S/C9H15N3/c1-3-4-12-7(2)8-5-10-6-9(8)11-12/h10H,3-6H2,1-2H3. The molecule has 3 heteroatoms. The summed E-state index contributed by atoms with van der Waals surface area (Å²) in [6.45, 7) is 7.36. The van der Waals surface area contributed by atoms with Crippen molar-refractivity contribution in [3.8, 4) is 0 Å². The Hall–Kier alpha value is -0.830. The van der Waals surface area contributed by atoms with Gasteiger partial charge in [0, 0.05) is 30.9 Å². The zero-order valence-electron chi connectivity index (χ0n) is 7.72. The molecular weight excluding hydrogens is 150 g/mol. The van der Waals surface area contributed by atoms with Crippen molar-refractivity contribution >= 4 is 0 Å². The molecule has 66 valence electrons. The van der Waals surface area contributed by atoms with Gasteiger partial charge in [-0.25, -0.2) is 0 Å². The van der Waals surface area contributed by atoms with Crippen molar-refractivity contribution in [1.29, 1.82) is 0 Å². The van der Waals surface area contributed by atoms with E-state index in [-0.39, 0.29) is 0 Å². The fourth-order valence-corrected chi connectivity index (χ4v) is 1.75. The molecule has 0 atom stereocenters. The van der Waals surface area contributed by atoms with Gasteiger partial charge in [-0.15, -0.1) is 0 Å². The molecule has 1 aromatic heterocycles. The van der Waals surface area contributed by atoms with Crippen molar-refractivity contribution < 1.29 is 0 Å². The summed E-state index contributed by atoms with van der Waals surface area (Å²) in [5.41, 5.74) is 4.02. The van der Waals surface area contributed by atoms with Crippen molar-refractivity contribution in [1.82, 2.24) is 15.1 Å². The Labute approximate surface area is 72.8 Å². The minimum atomic E-state index is 0.951. The quantitative estimate of drug-likeness (QED) is 0.713. The van der Waals surface area contributed by atoms with Gasteiger partial charge in [-0.05, 0) is 13.3 Å². The van der Waals surface area contributed by atoms with E-state index in [9.17, 15) is 0 Å². The molecule has 0 bridgehead atoms. The molecule has 2 heterocycles. The average Bonchev–Trinajstić information content (AvgIpc) is 2.58. The zero-order valence-corrected chi connectivity index (χ0v) is 7.72. The zero-order chi connectivity index (χ0) is 8.55. The van der Waals surface area contributed by atoms with E-state index >= 15 is 0 Å². The monoisotopic (exact) mass is 165 g/mol. The predicted molar refractivity (Wildman–Crippen MR) is 47.8 cm³/mol. The number of nitrogens with one attached hydrogen (secondary N) is 1. The minimum Gasteiger partial charge on any atom is -0.307 e. The van der Waals surface area contributed by atoms with E-state index in [0.717, 1.165) is 26.1 Å². The Morgan fingerprint density at radius 3 is 3.00 bits per heavy atom. The molecule has 12 heavy (non-hydrogen) atoms. The van der Waals surface area contributed by atoms with Gasteiger partial charge in [0.2, 0.25) is 0 Å². The van der Waals surface area contributed by atoms with Crippen LogP contribution in [-0.2, 0) is 19.6 Å². The van der Waals surface area contributed by atoms with Crippen LogP contribution in [0.4, 0.5) is 0 Å². The maximum Gasteiger partial charge on any atom is 0.0810 e. The highest BCUT2D eigenvalue weighted by Crippen LogP contribution is 2.18. The lowest BCUT2D eigenvalue weighted by Gasteiger charge is -2.02. The molecule has 0 amide bonds. The Morgan fingerprint density at radius 1 is 1.50 bits per heavy atom. The first-order chi connectivity index (χ1) is 5.83. The van der Waals surface area contributed by atoms with Crippen LogP contribution in [0.1, 0.15) is 30.3 Å². The number of rotatable bonds is 2. The molecule has 0 radical (unpaired) electrons. The third-order valence-corrected chi connectivity index (χ3v) is 2.44. The Morgan fingerprint density at radius 2 is 2.33 bits per heavy atom. The molecule has 2 rings (SSSR count).